The highest BCUT2D eigenvalue weighted by Gasteiger charge is 2.23. The predicted octanol–water partition coefficient (Wildman–Crippen LogP) is 5.72. The Hall–Kier alpha value is -3.66. The lowest BCUT2D eigenvalue weighted by molar-refractivity contribution is -0.139. The Morgan fingerprint density at radius 3 is 1.88 bits per heavy atom. The highest BCUT2D eigenvalue weighted by molar-refractivity contribution is 6.03. The number of aliphatic carboxylic acids is 1. The molecule has 0 aliphatic carbocycles. The number of rotatable bonds is 5. The number of hydrogen-bond acceptors (Lipinski definition) is 2. The van der Waals surface area contributed by atoms with Crippen LogP contribution in [0, 0.1) is 0 Å². The van der Waals surface area contributed by atoms with E-state index in [-0.39, 0.29) is 17.7 Å². The van der Waals surface area contributed by atoms with E-state index in [4.69, 9.17) is 0 Å². The summed E-state index contributed by atoms with van der Waals surface area (Å²) in [6.07, 6.45) is 0.197. The van der Waals surface area contributed by atoms with E-state index in [1.807, 2.05) is 60.7 Å². The fourth-order valence-electron chi connectivity index (χ4n) is 4.10. The van der Waals surface area contributed by atoms with Crippen molar-refractivity contribution < 1.29 is 14.7 Å². The van der Waals surface area contributed by atoms with Gasteiger partial charge in [-0.1, -0.05) is 81.4 Å². The molecule has 1 atom stereocenters. The van der Waals surface area contributed by atoms with Gasteiger partial charge in [0.05, 0.1) is 0 Å². The Bertz CT molecular complexity index is 1250. The first-order valence-electron chi connectivity index (χ1n) is 10.8. The van der Waals surface area contributed by atoms with Gasteiger partial charge in [0.15, 0.2) is 0 Å². The summed E-state index contributed by atoms with van der Waals surface area (Å²) in [5, 5.41) is 16.7. The minimum Gasteiger partial charge on any atom is -0.480 e. The summed E-state index contributed by atoms with van der Waals surface area (Å²) in [5.41, 5.74) is 2.47. The number of carboxylic acid groups (broad SMARTS) is 1. The molecule has 4 aromatic carbocycles. The molecule has 4 heteroatoms. The van der Waals surface area contributed by atoms with Crippen LogP contribution in [0.1, 0.15) is 42.3 Å². The maximum absolute atomic E-state index is 12.9. The normalized spacial score (nSPS) is 12.6. The molecule has 0 aliphatic heterocycles. The van der Waals surface area contributed by atoms with Gasteiger partial charge in [-0.3, -0.25) is 4.79 Å². The number of fused-ring (bicyclic) bond motifs is 2. The second-order valence-corrected chi connectivity index (χ2v) is 9.19. The Morgan fingerprint density at radius 2 is 1.38 bits per heavy atom. The lowest BCUT2D eigenvalue weighted by Crippen LogP contribution is -2.42. The summed E-state index contributed by atoms with van der Waals surface area (Å²) in [5.74, 6) is -1.44. The van der Waals surface area contributed by atoms with Crippen molar-refractivity contribution in [1.82, 2.24) is 5.32 Å². The van der Waals surface area contributed by atoms with Crippen LogP contribution in [0.15, 0.2) is 78.9 Å². The first-order chi connectivity index (χ1) is 15.2. The topological polar surface area (TPSA) is 66.4 Å². The zero-order valence-electron chi connectivity index (χ0n) is 18.6. The molecule has 0 spiro atoms. The Kier molecular flexibility index (Phi) is 5.70. The first-order valence-corrected chi connectivity index (χ1v) is 10.8. The van der Waals surface area contributed by atoms with Crippen LogP contribution < -0.4 is 5.32 Å². The molecule has 0 saturated heterocycles. The molecule has 0 aromatic heterocycles. The maximum atomic E-state index is 12.9. The van der Waals surface area contributed by atoms with Crippen molar-refractivity contribution in [1.29, 1.82) is 0 Å². The van der Waals surface area contributed by atoms with Gasteiger partial charge in [-0.05, 0) is 56.3 Å². The number of benzene rings is 4. The van der Waals surface area contributed by atoms with Gasteiger partial charge >= 0.3 is 5.97 Å². The van der Waals surface area contributed by atoms with E-state index in [2.05, 4.69) is 32.2 Å². The lowest BCUT2D eigenvalue weighted by atomic mass is 9.86. The molecule has 4 rings (SSSR count). The van der Waals surface area contributed by atoms with E-state index in [1.54, 1.807) is 12.1 Å². The molecule has 0 saturated carbocycles. The zero-order valence-corrected chi connectivity index (χ0v) is 18.6. The average Bonchev–Trinajstić information content (AvgIpc) is 2.77. The van der Waals surface area contributed by atoms with Crippen LogP contribution in [0.4, 0.5) is 0 Å². The number of carbonyl (C=O) groups excluding carboxylic acids is 1. The van der Waals surface area contributed by atoms with Crippen LogP contribution in [-0.4, -0.2) is 23.0 Å². The number of carboxylic acids is 1. The summed E-state index contributed by atoms with van der Waals surface area (Å²) in [4.78, 5) is 25.0. The summed E-state index contributed by atoms with van der Waals surface area (Å²) in [6, 6.07) is 24.3. The van der Waals surface area contributed by atoms with Crippen molar-refractivity contribution in [2.75, 3.05) is 0 Å². The van der Waals surface area contributed by atoms with E-state index in [1.165, 1.54) is 0 Å². The zero-order chi connectivity index (χ0) is 22.9. The number of carbonyl (C=O) groups is 2. The summed E-state index contributed by atoms with van der Waals surface area (Å²) < 4.78 is 0. The van der Waals surface area contributed by atoms with Crippen LogP contribution in [0.25, 0.3) is 21.5 Å². The first kappa shape index (κ1) is 21.6. The van der Waals surface area contributed by atoms with Crippen molar-refractivity contribution >= 4 is 33.4 Å². The van der Waals surface area contributed by atoms with Gasteiger partial charge in [-0.25, -0.2) is 4.79 Å². The molecule has 162 valence electrons. The third-order valence-corrected chi connectivity index (χ3v) is 5.91. The van der Waals surface area contributed by atoms with Gasteiger partial charge in [0.2, 0.25) is 0 Å². The molecule has 2 N–H and O–H groups in total. The molecule has 4 nitrogen and oxygen atoms in total. The average molecular weight is 426 g/mol. The molecule has 4 aromatic rings. The van der Waals surface area contributed by atoms with E-state index in [0.717, 1.165) is 32.7 Å². The molecule has 0 heterocycles. The van der Waals surface area contributed by atoms with Crippen LogP contribution in [0.3, 0.4) is 0 Å². The second-order valence-electron chi connectivity index (χ2n) is 9.19. The van der Waals surface area contributed by atoms with E-state index in [0.29, 0.717) is 5.56 Å². The molecule has 0 radical (unpaired) electrons. The largest absolute Gasteiger partial charge is 0.480 e. The molecular formula is C28H27NO3. The van der Waals surface area contributed by atoms with Gasteiger partial charge in [0.25, 0.3) is 5.91 Å². The van der Waals surface area contributed by atoms with Crippen molar-refractivity contribution in [3.8, 4) is 0 Å². The SMILES string of the molecule is CC(C)(C)c1ccc(C(=O)N[C@@H](Cc2c3ccccc3cc3ccccc23)C(=O)O)cc1. The third kappa shape index (κ3) is 4.35. The monoisotopic (exact) mass is 425 g/mol. The Balaban J connectivity index is 1.66. The van der Waals surface area contributed by atoms with Crippen LogP contribution in [0.2, 0.25) is 0 Å². The highest BCUT2D eigenvalue weighted by atomic mass is 16.4. The molecule has 0 unspecified atom stereocenters. The molecule has 32 heavy (non-hydrogen) atoms. The number of nitrogens with one attached hydrogen (secondary N) is 1. The van der Waals surface area contributed by atoms with Gasteiger partial charge in [0.1, 0.15) is 6.04 Å². The van der Waals surface area contributed by atoms with Crippen molar-refractivity contribution in [2.24, 2.45) is 0 Å². The van der Waals surface area contributed by atoms with Crippen molar-refractivity contribution in [2.45, 2.75) is 38.6 Å². The lowest BCUT2D eigenvalue weighted by Gasteiger charge is -2.20. The van der Waals surface area contributed by atoms with E-state index < -0.39 is 12.0 Å². The van der Waals surface area contributed by atoms with Crippen molar-refractivity contribution in [3.05, 3.63) is 95.6 Å². The Morgan fingerprint density at radius 1 is 0.844 bits per heavy atom. The maximum Gasteiger partial charge on any atom is 0.326 e. The molecule has 0 bridgehead atoms. The number of amides is 1. The smallest absolute Gasteiger partial charge is 0.326 e. The minimum atomic E-state index is -1.05. The fraction of sp³-hybridized carbons (Fsp3) is 0.214. The number of hydrogen-bond donors (Lipinski definition) is 2. The van der Waals surface area contributed by atoms with Crippen LogP contribution in [-0.2, 0) is 16.6 Å². The summed E-state index contributed by atoms with van der Waals surface area (Å²) in [7, 11) is 0. The van der Waals surface area contributed by atoms with Crippen LogP contribution >= 0.6 is 0 Å². The van der Waals surface area contributed by atoms with Gasteiger partial charge in [-0.15, -0.1) is 0 Å². The molecular weight excluding hydrogens is 398 g/mol. The van der Waals surface area contributed by atoms with E-state index >= 15 is 0 Å². The summed E-state index contributed by atoms with van der Waals surface area (Å²) >= 11 is 0. The Labute approximate surface area is 187 Å². The quantitative estimate of drug-likeness (QED) is 0.402. The predicted molar refractivity (Wildman–Crippen MR) is 129 cm³/mol. The van der Waals surface area contributed by atoms with Crippen molar-refractivity contribution in [3.63, 3.8) is 0 Å². The second kappa shape index (κ2) is 8.46. The molecule has 0 aliphatic rings. The van der Waals surface area contributed by atoms with Crippen LogP contribution in [0.5, 0.6) is 0 Å². The van der Waals surface area contributed by atoms with Gasteiger partial charge in [0, 0.05) is 12.0 Å². The minimum absolute atomic E-state index is 0.0198. The fourth-order valence-corrected chi connectivity index (χ4v) is 4.10. The highest BCUT2D eigenvalue weighted by Crippen LogP contribution is 2.29. The third-order valence-electron chi connectivity index (χ3n) is 5.91. The molecule has 1 amide bonds. The molecule has 0 fully saturated rings. The van der Waals surface area contributed by atoms with E-state index in [9.17, 15) is 14.7 Å². The van der Waals surface area contributed by atoms with Gasteiger partial charge in [-0.2, -0.15) is 0 Å². The summed E-state index contributed by atoms with van der Waals surface area (Å²) in [6.45, 7) is 6.32. The van der Waals surface area contributed by atoms with Gasteiger partial charge < -0.3 is 10.4 Å². The standard InChI is InChI=1S/C28H27NO3/c1-28(2,3)21-14-12-18(13-15-21)26(30)29-25(27(31)32)17-24-22-10-6-4-8-19(22)16-20-9-5-7-11-23(20)24/h4-16,25H,17H2,1-3H3,(H,29,30)(H,31,32)/t25-/m0/s1.